The number of thiophene rings is 2. The summed E-state index contributed by atoms with van der Waals surface area (Å²) in [4.78, 5) is 0. The molecule has 0 aliphatic rings. The van der Waals surface area contributed by atoms with Gasteiger partial charge in [-0.3, -0.25) is 0 Å². The summed E-state index contributed by atoms with van der Waals surface area (Å²) in [7, 11) is 0. The van der Waals surface area contributed by atoms with Crippen LogP contribution in [0.2, 0.25) is 0 Å². The standard InChI is InChI=1S/C9H2Br2N4S2/c10-5-1-3-7(16-5)8-4(2-6(11)17-8)15-9(3)12-13-14-15/h1-2H. The van der Waals surface area contributed by atoms with Crippen LogP contribution >= 0.6 is 54.5 Å². The first kappa shape index (κ1) is 10.4. The van der Waals surface area contributed by atoms with Crippen molar-refractivity contribution >= 4 is 80.5 Å². The molecule has 0 radical (unpaired) electrons. The Bertz CT molecular complexity index is 805. The lowest BCUT2D eigenvalue weighted by Crippen LogP contribution is -1.88. The zero-order valence-corrected chi connectivity index (χ0v) is 12.8. The Morgan fingerprint density at radius 3 is 2.71 bits per heavy atom. The van der Waals surface area contributed by atoms with Crippen molar-refractivity contribution in [2.75, 3.05) is 0 Å². The maximum absolute atomic E-state index is 4.10. The second-order valence-corrected chi connectivity index (χ2v) is 8.34. The minimum absolute atomic E-state index is 0.805. The lowest BCUT2D eigenvalue weighted by molar-refractivity contribution is 0.842. The van der Waals surface area contributed by atoms with E-state index in [9.17, 15) is 0 Å². The molecule has 4 aromatic heterocycles. The maximum Gasteiger partial charge on any atom is 0.188 e. The predicted molar refractivity (Wildman–Crippen MR) is 76.9 cm³/mol. The van der Waals surface area contributed by atoms with E-state index in [1.54, 1.807) is 27.2 Å². The largest absolute Gasteiger partial charge is 0.191 e. The van der Waals surface area contributed by atoms with Gasteiger partial charge < -0.3 is 0 Å². The quantitative estimate of drug-likeness (QED) is 0.455. The van der Waals surface area contributed by atoms with Crippen molar-refractivity contribution in [3.63, 3.8) is 0 Å². The zero-order chi connectivity index (χ0) is 11.6. The minimum Gasteiger partial charge on any atom is -0.191 e. The van der Waals surface area contributed by atoms with Crippen LogP contribution in [0.25, 0.3) is 25.9 Å². The zero-order valence-electron chi connectivity index (χ0n) is 8.02. The number of hydrogen-bond donors (Lipinski definition) is 0. The Balaban J connectivity index is 2.46. The summed E-state index contributed by atoms with van der Waals surface area (Å²) in [5, 5.41) is 13.0. The first-order valence-corrected chi connectivity index (χ1v) is 7.84. The van der Waals surface area contributed by atoms with Crippen molar-refractivity contribution in [1.82, 2.24) is 20.0 Å². The van der Waals surface area contributed by atoms with Gasteiger partial charge in [-0.1, -0.05) is 0 Å². The van der Waals surface area contributed by atoms with Gasteiger partial charge in [-0.25, -0.2) is 0 Å². The van der Waals surface area contributed by atoms with Gasteiger partial charge in [0, 0.05) is 5.39 Å². The van der Waals surface area contributed by atoms with Crippen LogP contribution in [0.15, 0.2) is 19.7 Å². The first-order valence-electron chi connectivity index (χ1n) is 4.62. The third kappa shape index (κ3) is 1.35. The Labute approximate surface area is 119 Å². The molecule has 0 fully saturated rings. The number of rotatable bonds is 0. The van der Waals surface area contributed by atoms with Crippen molar-refractivity contribution < 1.29 is 0 Å². The van der Waals surface area contributed by atoms with Crippen LogP contribution < -0.4 is 0 Å². The summed E-state index contributed by atoms with van der Waals surface area (Å²) >= 11 is 10.5. The van der Waals surface area contributed by atoms with E-state index in [4.69, 9.17) is 0 Å². The molecule has 0 spiro atoms. The van der Waals surface area contributed by atoms with Crippen LogP contribution in [0.4, 0.5) is 0 Å². The third-order valence-electron chi connectivity index (χ3n) is 2.53. The molecule has 0 N–H and O–H groups in total. The number of fused-ring (bicyclic) bond motifs is 6. The van der Waals surface area contributed by atoms with Gasteiger partial charge in [0.15, 0.2) is 5.65 Å². The molecule has 0 saturated carbocycles. The molecular weight excluding hydrogens is 388 g/mol. The highest BCUT2D eigenvalue weighted by Crippen LogP contribution is 2.41. The van der Waals surface area contributed by atoms with Gasteiger partial charge in [0.2, 0.25) is 0 Å². The molecule has 0 atom stereocenters. The van der Waals surface area contributed by atoms with Gasteiger partial charge in [-0.15, -0.1) is 27.8 Å². The van der Waals surface area contributed by atoms with E-state index in [2.05, 4.69) is 59.5 Å². The molecule has 17 heavy (non-hydrogen) atoms. The van der Waals surface area contributed by atoms with E-state index in [0.717, 1.165) is 24.1 Å². The first-order chi connectivity index (χ1) is 8.24. The molecule has 4 heterocycles. The van der Waals surface area contributed by atoms with Gasteiger partial charge in [-0.05, 0) is 54.4 Å². The Kier molecular flexibility index (Phi) is 2.11. The Morgan fingerprint density at radius 2 is 1.82 bits per heavy atom. The monoisotopic (exact) mass is 388 g/mol. The highest BCUT2D eigenvalue weighted by atomic mass is 79.9. The van der Waals surface area contributed by atoms with Gasteiger partial charge >= 0.3 is 0 Å². The number of tetrazole rings is 1. The molecule has 84 valence electrons. The van der Waals surface area contributed by atoms with Gasteiger partial charge in [0.05, 0.1) is 22.5 Å². The molecule has 0 unspecified atom stereocenters. The summed E-state index contributed by atoms with van der Waals surface area (Å²) in [6, 6.07) is 4.12. The summed E-state index contributed by atoms with van der Waals surface area (Å²) in [5.74, 6) is 0. The second kappa shape index (κ2) is 3.47. The Hall–Kier alpha value is -0.570. The molecule has 0 aromatic carbocycles. The van der Waals surface area contributed by atoms with Crippen molar-refractivity contribution in [2.45, 2.75) is 0 Å². The molecular formula is C9H2Br2N4S2. The van der Waals surface area contributed by atoms with E-state index >= 15 is 0 Å². The van der Waals surface area contributed by atoms with Gasteiger partial charge in [0.25, 0.3) is 0 Å². The van der Waals surface area contributed by atoms with Crippen LogP contribution in [0.3, 0.4) is 0 Å². The average Bonchev–Trinajstić information content (AvgIpc) is 2.91. The van der Waals surface area contributed by atoms with E-state index in [0.29, 0.717) is 0 Å². The maximum atomic E-state index is 4.10. The molecule has 0 saturated heterocycles. The van der Waals surface area contributed by atoms with Crippen LogP contribution in [-0.4, -0.2) is 20.0 Å². The number of hydrogen-bond acceptors (Lipinski definition) is 5. The fraction of sp³-hybridized carbons (Fsp3) is 0. The summed E-state index contributed by atoms with van der Waals surface area (Å²) < 4.78 is 6.40. The van der Waals surface area contributed by atoms with Gasteiger partial charge in [-0.2, -0.15) is 4.52 Å². The SMILES string of the molecule is Brc1cc2c(s1)c1sc(Br)cc1n1nnnc21. The van der Waals surface area contributed by atoms with Crippen LogP contribution in [0, 0.1) is 0 Å². The molecule has 0 aliphatic heterocycles. The highest BCUT2D eigenvalue weighted by molar-refractivity contribution is 9.11. The number of pyridine rings is 1. The molecule has 8 heteroatoms. The average molecular weight is 390 g/mol. The summed E-state index contributed by atoms with van der Waals surface area (Å²) in [5.41, 5.74) is 1.85. The fourth-order valence-corrected chi connectivity index (χ4v) is 5.20. The van der Waals surface area contributed by atoms with E-state index in [1.807, 2.05) is 0 Å². The molecule has 4 rings (SSSR count). The number of aromatic nitrogens is 4. The fourth-order valence-electron chi connectivity index (χ4n) is 1.89. The van der Waals surface area contributed by atoms with E-state index in [1.165, 1.54) is 9.40 Å². The lowest BCUT2D eigenvalue weighted by atomic mass is 10.3. The lowest BCUT2D eigenvalue weighted by Gasteiger charge is -1.95. The smallest absolute Gasteiger partial charge is 0.188 e. The summed E-state index contributed by atoms with van der Waals surface area (Å²) in [6.45, 7) is 0. The van der Waals surface area contributed by atoms with Gasteiger partial charge in [0.1, 0.15) is 0 Å². The van der Waals surface area contributed by atoms with Crippen molar-refractivity contribution in [2.24, 2.45) is 0 Å². The molecule has 0 aliphatic carbocycles. The third-order valence-corrected chi connectivity index (χ3v) is 5.96. The van der Waals surface area contributed by atoms with E-state index < -0.39 is 0 Å². The van der Waals surface area contributed by atoms with Crippen LogP contribution in [0.5, 0.6) is 0 Å². The molecule has 4 aromatic rings. The van der Waals surface area contributed by atoms with Crippen molar-refractivity contribution in [3.8, 4) is 0 Å². The van der Waals surface area contributed by atoms with E-state index in [-0.39, 0.29) is 0 Å². The number of halogens is 2. The van der Waals surface area contributed by atoms with Crippen LogP contribution in [-0.2, 0) is 0 Å². The number of nitrogens with zero attached hydrogens (tertiary/aromatic N) is 4. The second-order valence-electron chi connectivity index (χ2n) is 3.47. The summed E-state index contributed by atoms with van der Waals surface area (Å²) in [6.07, 6.45) is 0. The molecule has 0 bridgehead atoms. The molecule has 0 amide bonds. The molecule has 4 nitrogen and oxygen atoms in total. The highest BCUT2D eigenvalue weighted by Gasteiger charge is 2.15. The van der Waals surface area contributed by atoms with Crippen LogP contribution in [0.1, 0.15) is 0 Å². The Morgan fingerprint density at radius 1 is 1.06 bits per heavy atom. The topological polar surface area (TPSA) is 43.1 Å². The van der Waals surface area contributed by atoms with Crippen molar-refractivity contribution in [3.05, 3.63) is 19.7 Å². The minimum atomic E-state index is 0.805. The predicted octanol–water partition coefficient (Wildman–Crippen LogP) is 4.08. The normalized spacial score (nSPS) is 12.1. The van der Waals surface area contributed by atoms with Crippen molar-refractivity contribution in [1.29, 1.82) is 0 Å².